The van der Waals surface area contributed by atoms with Crippen molar-refractivity contribution >= 4 is 40.2 Å². The van der Waals surface area contributed by atoms with Gasteiger partial charge in [-0.2, -0.15) is 5.26 Å². The van der Waals surface area contributed by atoms with Crippen molar-refractivity contribution in [1.82, 2.24) is 4.57 Å². The number of hydrogen-bond donors (Lipinski definition) is 3. The maximum atomic E-state index is 12.7. The van der Waals surface area contributed by atoms with Gasteiger partial charge in [0.2, 0.25) is 5.91 Å². The zero-order chi connectivity index (χ0) is 24.1. The van der Waals surface area contributed by atoms with Crippen LogP contribution in [0.15, 0.2) is 84.6 Å². The van der Waals surface area contributed by atoms with Crippen molar-refractivity contribution in [3.63, 3.8) is 0 Å². The fourth-order valence-corrected chi connectivity index (χ4v) is 3.65. The van der Waals surface area contributed by atoms with Gasteiger partial charge in [0, 0.05) is 34.0 Å². The van der Waals surface area contributed by atoms with E-state index in [2.05, 4.69) is 10.6 Å². The van der Waals surface area contributed by atoms with E-state index < -0.39 is 5.91 Å². The van der Waals surface area contributed by atoms with Crippen molar-refractivity contribution in [2.75, 3.05) is 10.6 Å². The first-order chi connectivity index (χ1) is 16.4. The molecule has 4 aromatic rings. The lowest BCUT2D eigenvalue weighted by Gasteiger charge is -2.08. The minimum Gasteiger partial charge on any atom is -0.508 e. The summed E-state index contributed by atoms with van der Waals surface area (Å²) in [6, 6.07) is 23.0. The highest BCUT2D eigenvalue weighted by atomic mass is 16.3. The summed E-state index contributed by atoms with van der Waals surface area (Å²) in [5.41, 5.74) is 3.60. The van der Waals surface area contributed by atoms with Gasteiger partial charge in [-0.05, 0) is 61.0 Å². The van der Waals surface area contributed by atoms with Gasteiger partial charge in [0.1, 0.15) is 23.9 Å². The lowest BCUT2D eigenvalue weighted by Crippen LogP contribution is -2.18. The van der Waals surface area contributed by atoms with Gasteiger partial charge in [0.25, 0.3) is 5.91 Å². The topological polar surface area (TPSA) is 107 Å². The Bertz CT molecular complexity index is 1440. The van der Waals surface area contributed by atoms with Gasteiger partial charge >= 0.3 is 0 Å². The van der Waals surface area contributed by atoms with Gasteiger partial charge in [-0.25, -0.2) is 0 Å². The number of amides is 2. The predicted octanol–water partition coefficient (Wildman–Crippen LogP) is 4.84. The number of hydrogen-bond acceptors (Lipinski definition) is 4. The number of aryl methyl sites for hydroxylation is 1. The summed E-state index contributed by atoms with van der Waals surface area (Å²) in [7, 11) is 0. The first kappa shape index (κ1) is 22.4. The predicted molar refractivity (Wildman–Crippen MR) is 132 cm³/mol. The van der Waals surface area contributed by atoms with Crippen molar-refractivity contribution in [3.8, 4) is 11.8 Å². The number of nitrogens with one attached hydrogen (secondary N) is 2. The molecule has 3 N–H and O–H groups in total. The number of carbonyl (C=O) groups excluding carboxylic acids is 2. The molecular formula is C27H22N4O3. The molecule has 0 aliphatic heterocycles. The molecule has 7 heteroatoms. The Balaban J connectivity index is 1.59. The highest BCUT2D eigenvalue weighted by Crippen LogP contribution is 2.24. The first-order valence-corrected chi connectivity index (χ1v) is 10.6. The van der Waals surface area contributed by atoms with Crippen LogP contribution in [0.3, 0.4) is 0 Å². The van der Waals surface area contributed by atoms with Gasteiger partial charge in [-0.15, -0.1) is 0 Å². The van der Waals surface area contributed by atoms with Crippen LogP contribution in [0.25, 0.3) is 17.0 Å². The molecule has 1 heterocycles. The first-order valence-electron chi connectivity index (χ1n) is 10.6. The van der Waals surface area contributed by atoms with Crippen molar-refractivity contribution < 1.29 is 14.7 Å². The van der Waals surface area contributed by atoms with Crippen molar-refractivity contribution in [2.24, 2.45) is 0 Å². The van der Waals surface area contributed by atoms with E-state index in [1.165, 1.54) is 18.2 Å². The number of anilines is 2. The van der Waals surface area contributed by atoms with Crippen LogP contribution in [0, 0.1) is 18.3 Å². The molecule has 0 bridgehead atoms. The van der Waals surface area contributed by atoms with E-state index in [4.69, 9.17) is 0 Å². The molecular weight excluding hydrogens is 428 g/mol. The van der Waals surface area contributed by atoms with Crippen LogP contribution >= 0.6 is 0 Å². The number of phenols is 1. The maximum absolute atomic E-state index is 12.7. The van der Waals surface area contributed by atoms with Crippen LogP contribution in [0.2, 0.25) is 0 Å². The van der Waals surface area contributed by atoms with E-state index in [0.717, 1.165) is 22.2 Å². The number of fused-ring (bicyclic) bond motifs is 1. The molecule has 2 amide bonds. The summed E-state index contributed by atoms with van der Waals surface area (Å²) >= 11 is 0. The lowest BCUT2D eigenvalue weighted by atomic mass is 10.1. The van der Waals surface area contributed by atoms with Crippen LogP contribution in [0.1, 0.15) is 11.1 Å². The molecule has 3 aromatic carbocycles. The molecule has 0 spiro atoms. The molecule has 0 unspecified atom stereocenters. The standard InChI is InChI=1S/C27H22N4O3/c1-18-5-4-6-22(13-18)29-26(33)17-31-16-20(24-7-2-3-8-25(24)31)14-19(15-28)27(34)30-21-9-11-23(32)12-10-21/h2-14,16,32H,17H2,1H3,(H,29,33)(H,30,34)/b19-14-. The number of carbonyl (C=O) groups is 2. The fourth-order valence-electron chi connectivity index (χ4n) is 3.65. The molecule has 1 aromatic heterocycles. The molecule has 34 heavy (non-hydrogen) atoms. The van der Waals surface area contributed by atoms with Gasteiger partial charge in [0.05, 0.1) is 0 Å². The van der Waals surface area contributed by atoms with Crippen LogP contribution in [-0.2, 0) is 16.1 Å². The summed E-state index contributed by atoms with van der Waals surface area (Å²) in [6.45, 7) is 2.03. The largest absolute Gasteiger partial charge is 0.508 e. The smallest absolute Gasteiger partial charge is 0.266 e. The summed E-state index contributed by atoms with van der Waals surface area (Å²) < 4.78 is 1.79. The third kappa shape index (κ3) is 5.14. The van der Waals surface area contributed by atoms with Crippen LogP contribution in [0.5, 0.6) is 5.75 Å². The van der Waals surface area contributed by atoms with Crippen molar-refractivity contribution in [1.29, 1.82) is 5.26 Å². The Labute approximate surface area is 196 Å². The number of benzene rings is 3. The molecule has 0 saturated carbocycles. The minimum atomic E-state index is -0.567. The molecule has 0 fully saturated rings. The van der Waals surface area contributed by atoms with Gasteiger partial charge in [-0.1, -0.05) is 30.3 Å². The highest BCUT2D eigenvalue weighted by Gasteiger charge is 2.14. The molecule has 4 rings (SSSR count). The average Bonchev–Trinajstić information content (AvgIpc) is 3.16. The quantitative estimate of drug-likeness (QED) is 0.222. The zero-order valence-corrected chi connectivity index (χ0v) is 18.4. The van der Waals surface area contributed by atoms with E-state index >= 15 is 0 Å². The van der Waals surface area contributed by atoms with Crippen LogP contribution in [-0.4, -0.2) is 21.5 Å². The summed E-state index contributed by atoms with van der Waals surface area (Å²) in [5.74, 6) is -0.678. The average molecular weight is 450 g/mol. The zero-order valence-electron chi connectivity index (χ0n) is 18.4. The SMILES string of the molecule is Cc1cccc(NC(=O)Cn2cc(/C=C(/C#N)C(=O)Nc3ccc(O)cc3)c3ccccc32)c1. The lowest BCUT2D eigenvalue weighted by molar-refractivity contribution is -0.116. The number of nitriles is 1. The maximum Gasteiger partial charge on any atom is 0.266 e. The van der Waals surface area contributed by atoms with E-state index in [9.17, 15) is 20.0 Å². The van der Waals surface area contributed by atoms with Crippen molar-refractivity contribution in [3.05, 3.63) is 95.7 Å². The van der Waals surface area contributed by atoms with E-state index in [1.54, 1.807) is 22.9 Å². The second-order valence-corrected chi connectivity index (χ2v) is 7.82. The van der Waals surface area contributed by atoms with Gasteiger partial charge in [-0.3, -0.25) is 9.59 Å². The second-order valence-electron chi connectivity index (χ2n) is 7.82. The molecule has 7 nitrogen and oxygen atoms in total. The second kappa shape index (κ2) is 9.76. The third-order valence-electron chi connectivity index (χ3n) is 5.23. The Hall–Kier alpha value is -4.83. The Kier molecular flexibility index (Phi) is 6.42. The number of rotatable bonds is 6. The van der Waals surface area contributed by atoms with Gasteiger partial charge < -0.3 is 20.3 Å². The molecule has 0 aliphatic carbocycles. The van der Waals surface area contributed by atoms with Crippen LogP contribution in [0.4, 0.5) is 11.4 Å². The molecule has 0 aliphatic rings. The Morgan fingerprint density at radius 2 is 1.76 bits per heavy atom. The summed E-state index contributed by atoms with van der Waals surface area (Å²) in [5, 5.41) is 25.4. The monoisotopic (exact) mass is 450 g/mol. The van der Waals surface area contributed by atoms with E-state index in [1.807, 2.05) is 61.5 Å². The number of para-hydroxylation sites is 1. The van der Waals surface area contributed by atoms with Gasteiger partial charge in [0.15, 0.2) is 0 Å². The third-order valence-corrected chi connectivity index (χ3v) is 5.23. The highest BCUT2D eigenvalue weighted by molar-refractivity contribution is 6.10. The Morgan fingerprint density at radius 1 is 1.00 bits per heavy atom. The fraction of sp³-hybridized carbons (Fsp3) is 0.0741. The number of aromatic hydroxyl groups is 1. The summed E-state index contributed by atoms with van der Waals surface area (Å²) in [4.78, 5) is 25.3. The number of nitrogens with zero attached hydrogens (tertiary/aromatic N) is 2. The number of aromatic nitrogens is 1. The van der Waals surface area contributed by atoms with Crippen LogP contribution < -0.4 is 10.6 Å². The number of phenolic OH excluding ortho intramolecular Hbond substituents is 1. The molecule has 0 saturated heterocycles. The molecule has 168 valence electrons. The van der Waals surface area contributed by atoms with Crippen molar-refractivity contribution in [2.45, 2.75) is 13.5 Å². The van der Waals surface area contributed by atoms with E-state index in [0.29, 0.717) is 11.3 Å². The molecule has 0 radical (unpaired) electrons. The normalized spacial score (nSPS) is 11.1. The van der Waals surface area contributed by atoms with E-state index in [-0.39, 0.29) is 23.8 Å². The summed E-state index contributed by atoms with van der Waals surface area (Å²) in [6.07, 6.45) is 3.26. The molecule has 0 atom stereocenters. The minimum absolute atomic E-state index is 0.0733. The Morgan fingerprint density at radius 3 is 2.50 bits per heavy atom.